The highest BCUT2D eigenvalue weighted by Gasteiger charge is 2.40. The van der Waals surface area contributed by atoms with Crippen molar-refractivity contribution in [3.8, 4) is 12.3 Å². The highest BCUT2D eigenvalue weighted by molar-refractivity contribution is 5.95. The summed E-state index contributed by atoms with van der Waals surface area (Å²) in [5.41, 5.74) is 3.72. The fraction of sp³-hybridized carbons (Fsp3) is 0.370. The smallest absolute Gasteiger partial charge is 0.300 e. The van der Waals surface area contributed by atoms with E-state index in [2.05, 4.69) is 28.0 Å². The quantitative estimate of drug-likeness (QED) is 0.420. The zero-order valence-corrected chi connectivity index (χ0v) is 19.2. The average Bonchev–Trinajstić information content (AvgIpc) is 3.16. The van der Waals surface area contributed by atoms with Crippen LogP contribution < -0.4 is 10.2 Å². The van der Waals surface area contributed by atoms with Crippen molar-refractivity contribution in [2.45, 2.75) is 44.8 Å². The monoisotopic (exact) mass is 462 g/mol. The molecule has 3 aromatic rings. The molecule has 34 heavy (non-hydrogen) atoms. The van der Waals surface area contributed by atoms with E-state index in [0.717, 1.165) is 48.8 Å². The number of rotatable bonds is 6. The van der Waals surface area contributed by atoms with Gasteiger partial charge in [0.15, 0.2) is 0 Å². The molecule has 1 fully saturated rings. The minimum atomic E-state index is -0.651. The van der Waals surface area contributed by atoms with E-state index in [1.807, 2.05) is 24.3 Å². The van der Waals surface area contributed by atoms with Gasteiger partial charge in [-0.05, 0) is 54.6 Å². The first kappa shape index (κ1) is 22.4. The lowest BCUT2D eigenvalue weighted by atomic mass is 9.90. The van der Waals surface area contributed by atoms with Gasteiger partial charge in [-0.25, -0.2) is 8.78 Å². The molecule has 5 nitrogen and oxygen atoms in total. The second-order valence-corrected chi connectivity index (χ2v) is 9.05. The largest absolute Gasteiger partial charge is 0.371 e. The molecule has 1 saturated heterocycles. The van der Waals surface area contributed by atoms with Crippen molar-refractivity contribution in [2.24, 2.45) is 0 Å². The van der Waals surface area contributed by atoms with Crippen molar-refractivity contribution in [1.82, 2.24) is 15.2 Å². The Morgan fingerprint density at radius 2 is 2.00 bits per heavy atom. The third kappa shape index (κ3) is 3.82. The minimum Gasteiger partial charge on any atom is -0.371 e. The number of hydrogen-bond donors (Lipinski definition) is 2. The van der Waals surface area contributed by atoms with E-state index < -0.39 is 29.7 Å². The first-order chi connectivity index (χ1) is 16.5. The zero-order chi connectivity index (χ0) is 23.8. The molecule has 0 aliphatic carbocycles. The molecule has 0 unspecified atom stereocenters. The number of benzene rings is 2. The number of unbranched alkanes of at least 4 members (excludes halogenated alkanes) is 1. The Bertz CT molecular complexity index is 1260. The average molecular weight is 463 g/mol. The maximum absolute atomic E-state index is 14.7. The fourth-order valence-corrected chi connectivity index (χ4v) is 5.08. The van der Waals surface area contributed by atoms with Gasteiger partial charge in [-0.3, -0.25) is 10.1 Å². The second-order valence-electron chi connectivity index (χ2n) is 9.05. The molecule has 5 rings (SSSR count). The molecule has 1 aromatic heterocycles. The SMILES string of the molecule is C#CC(=O)N1[C@@H](c2ccc(N3CCC3)cc2)c2[nH]c3c(F)cc(F)cc3c2C[C@@H]1NCCCC. The number of halogens is 2. The summed E-state index contributed by atoms with van der Waals surface area (Å²) in [6.45, 7) is 4.87. The number of nitrogens with zero attached hydrogens (tertiary/aromatic N) is 2. The van der Waals surface area contributed by atoms with Crippen LogP contribution in [0.15, 0.2) is 36.4 Å². The zero-order valence-electron chi connectivity index (χ0n) is 19.2. The molecule has 0 radical (unpaired) electrons. The van der Waals surface area contributed by atoms with Gasteiger partial charge in [0.25, 0.3) is 5.91 Å². The number of fused-ring (bicyclic) bond motifs is 3. The molecule has 176 valence electrons. The Hall–Kier alpha value is -3.37. The predicted octanol–water partition coefficient (Wildman–Crippen LogP) is 4.48. The van der Waals surface area contributed by atoms with E-state index in [4.69, 9.17) is 6.42 Å². The standard InChI is InChI=1S/C27H28F2N4O/c1-3-5-11-30-23-16-21-20-14-18(28)15-22(29)25(20)31-26(21)27(33(23)24(34)4-2)17-7-9-19(10-8-17)32-12-6-13-32/h2,7-10,14-15,23,27,30-31H,3,5-6,11-13,16H2,1H3/t23-,27+/m1/s1. The summed E-state index contributed by atoms with van der Waals surface area (Å²) in [5.74, 6) is 0.559. The van der Waals surface area contributed by atoms with E-state index in [-0.39, 0.29) is 5.52 Å². The Balaban J connectivity index is 1.65. The molecule has 2 aliphatic rings. The molecular formula is C27H28F2N4O. The third-order valence-electron chi connectivity index (χ3n) is 6.95. The molecular weight excluding hydrogens is 434 g/mol. The van der Waals surface area contributed by atoms with Gasteiger partial charge in [-0.15, -0.1) is 6.42 Å². The number of terminal acetylenes is 1. The van der Waals surface area contributed by atoms with E-state index in [0.29, 0.717) is 24.0 Å². The Labute approximate surface area is 198 Å². The summed E-state index contributed by atoms with van der Waals surface area (Å²) in [4.78, 5) is 20.2. The number of aromatic amines is 1. The summed E-state index contributed by atoms with van der Waals surface area (Å²) < 4.78 is 28.9. The number of anilines is 1. The second kappa shape index (κ2) is 9.11. The number of carbonyl (C=O) groups excluding carboxylic acids is 1. The van der Waals surface area contributed by atoms with Crippen LogP contribution in [-0.2, 0) is 11.2 Å². The molecule has 0 bridgehead atoms. The van der Waals surface area contributed by atoms with Crippen LogP contribution in [0.2, 0.25) is 0 Å². The molecule has 2 aliphatic heterocycles. The molecule has 7 heteroatoms. The lowest BCUT2D eigenvalue weighted by Gasteiger charge is -2.42. The van der Waals surface area contributed by atoms with Crippen LogP contribution in [-0.4, -0.2) is 41.6 Å². The summed E-state index contributed by atoms with van der Waals surface area (Å²) in [6, 6.07) is 9.77. The first-order valence-electron chi connectivity index (χ1n) is 11.9. The minimum absolute atomic E-state index is 0.246. The van der Waals surface area contributed by atoms with Gasteiger partial charge in [0.1, 0.15) is 11.6 Å². The number of nitrogens with one attached hydrogen (secondary N) is 2. The topological polar surface area (TPSA) is 51.4 Å². The molecule has 3 heterocycles. The number of H-pyrrole nitrogens is 1. The third-order valence-corrected chi connectivity index (χ3v) is 6.95. The van der Waals surface area contributed by atoms with Crippen molar-refractivity contribution in [2.75, 3.05) is 24.5 Å². The summed E-state index contributed by atoms with van der Waals surface area (Å²) in [7, 11) is 0. The lowest BCUT2D eigenvalue weighted by Crippen LogP contribution is -2.54. The fourth-order valence-electron chi connectivity index (χ4n) is 5.08. The molecule has 2 atom stereocenters. The van der Waals surface area contributed by atoms with Gasteiger partial charge in [0.05, 0.1) is 17.7 Å². The molecule has 0 saturated carbocycles. The molecule has 1 amide bonds. The molecule has 2 aromatic carbocycles. The van der Waals surface area contributed by atoms with Gasteiger partial charge in [-0.1, -0.05) is 25.5 Å². The summed E-state index contributed by atoms with van der Waals surface area (Å²) >= 11 is 0. The number of hydrogen-bond acceptors (Lipinski definition) is 3. The van der Waals surface area contributed by atoms with Crippen LogP contribution in [0.25, 0.3) is 10.9 Å². The van der Waals surface area contributed by atoms with Gasteiger partial charge in [0.2, 0.25) is 0 Å². The predicted molar refractivity (Wildman–Crippen MR) is 129 cm³/mol. The Morgan fingerprint density at radius 3 is 2.65 bits per heavy atom. The van der Waals surface area contributed by atoms with E-state index in [1.165, 1.54) is 12.5 Å². The van der Waals surface area contributed by atoms with Gasteiger partial charge >= 0.3 is 0 Å². The van der Waals surface area contributed by atoms with E-state index in [1.54, 1.807) is 4.90 Å². The van der Waals surface area contributed by atoms with E-state index in [9.17, 15) is 13.6 Å². The molecule has 2 N–H and O–H groups in total. The van der Waals surface area contributed by atoms with Crippen LogP contribution in [0.5, 0.6) is 0 Å². The van der Waals surface area contributed by atoms with Crippen molar-refractivity contribution in [3.05, 3.63) is 64.9 Å². The Kier molecular flexibility index (Phi) is 6.01. The van der Waals surface area contributed by atoms with Gasteiger partial charge in [-0.2, -0.15) is 0 Å². The molecule has 0 spiro atoms. The van der Waals surface area contributed by atoms with E-state index >= 15 is 0 Å². The summed E-state index contributed by atoms with van der Waals surface area (Å²) in [6.07, 6.45) is 8.72. The first-order valence-corrected chi connectivity index (χ1v) is 11.9. The normalized spacial score (nSPS) is 19.6. The van der Waals surface area contributed by atoms with Crippen LogP contribution in [0, 0.1) is 24.0 Å². The van der Waals surface area contributed by atoms with Crippen LogP contribution >= 0.6 is 0 Å². The van der Waals surface area contributed by atoms with Crippen LogP contribution in [0.1, 0.15) is 49.0 Å². The van der Waals surface area contributed by atoms with Gasteiger partial charge < -0.3 is 14.8 Å². The van der Waals surface area contributed by atoms with Crippen molar-refractivity contribution >= 4 is 22.5 Å². The highest BCUT2D eigenvalue weighted by atomic mass is 19.1. The van der Waals surface area contributed by atoms with Crippen molar-refractivity contribution < 1.29 is 13.6 Å². The van der Waals surface area contributed by atoms with Crippen molar-refractivity contribution in [1.29, 1.82) is 0 Å². The maximum Gasteiger partial charge on any atom is 0.300 e. The van der Waals surface area contributed by atoms with Crippen molar-refractivity contribution in [3.63, 3.8) is 0 Å². The van der Waals surface area contributed by atoms with Gasteiger partial charge in [0, 0.05) is 42.3 Å². The number of amides is 1. The summed E-state index contributed by atoms with van der Waals surface area (Å²) in [5, 5.41) is 3.96. The number of carbonyl (C=O) groups is 1. The van der Waals surface area contributed by atoms with Crippen LogP contribution in [0.4, 0.5) is 14.5 Å². The lowest BCUT2D eigenvalue weighted by molar-refractivity contribution is -0.130. The Morgan fingerprint density at radius 1 is 1.24 bits per heavy atom. The number of aromatic nitrogens is 1. The highest BCUT2D eigenvalue weighted by Crippen LogP contribution is 2.41. The maximum atomic E-state index is 14.7. The van der Waals surface area contributed by atoms with Crippen LogP contribution in [0.3, 0.4) is 0 Å².